The Labute approximate surface area is 135 Å². The molecule has 0 spiro atoms. The number of rotatable bonds is 3. The average molecular weight is 327 g/mol. The van der Waals surface area contributed by atoms with Crippen molar-refractivity contribution in [3.63, 3.8) is 0 Å². The lowest BCUT2D eigenvalue weighted by Gasteiger charge is -2.36. The summed E-state index contributed by atoms with van der Waals surface area (Å²) in [5.41, 5.74) is 1.08. The Morgan fingerprint density at radius 1 is 1.24 bits per heavy atom. The molecule has 2 nitrogen and oxygen atoms in total. The number of Topliss-reactive ketones (excluding diaryl/α,β-unsaturated/α-hetero) is 1. The summed E-state index contributed by atoms with van der Waals surface area (Å²) in [6, 6.07) is 5.67. The molecule has 2 unspecified atom stereocenters. The molecule has 0 aromatic heterocycles. The van der Waals surface area contributed by atoms with E-state index in [9.17, 15) is 9.90 Å². The normalized spacial score (nSPS) is 35.0. The Morgan fingerprint density at radius 3 is 2.67 bits per heavy atom. The van der Waals surface area contributed by atoms with Crippen LogP contribution in [0.25, 0.3) is 0 Å². The van der Waals surface area contributed by atoms with E-state index in [4.69, 9.17) is 23.2 Å². The van der Waals surface area contributed by atoms with Crippen LogP contribution in [0, 0.1) is 17.8 Å². The van der Waals surface area contributed by atoms with Gasteiger partial charge in [-0.25, -0.2) is 0 Å². The zero-order chi connectivity index (χ0) is 15.1. The van der Waals surface area contributed by atoms with Crippen molar-refractivity contribution in [3.05, 3.63) is 33.8 Å². The number of benzene rings is 1. The number of hydrogen-bond donors (Lipinski definition) is 1. The number of ketones is 1. The summed E-state index contributed by atoms with van der Waals surface area (Å²) < 4.78 is 0. The van der Waals surface area contributed by atoms with Crippen LogP contribution in [0.2, 0.25) is 10.0 Å². The van der Waals surface area contributed by atoms with E-state index in [1.54, 1.807) is 6.07 Å². The third kappa shape index (κ3) is 2.74. The van der Waals surface area contributed by atoms with E-state index in [2.05, 4.69) is 0 Å². The van der Waals surface area contributed by atoms with Crippen LogP contribution in [0.4, 0.5) is 0 Å². The highest BCUT2D eigenvalue weighted by Gasteiger charge is 2.49. The summed E-state index contributed by atoms with van der Waals surface area (Å²) in [5.74, 6) is 0.964. The van der Waals surface area contributed by atoms with E-state index in [1.165, 1.54) is 0 Å². The van der Waals surface area contributed by atoms with Crippen molar-refractivity contribution in [2.75, 3.05) is 0 Å². The average Bonchev–Trinajstić information content (AvgIpc) is 2.76. The molecule has 3 rings (SSSR count). The molecule has 5 atom stereocenters. The Kier molecular flexibility index (Phi) is 4.31. The topological polar surface area (TPSA) is 37.3 Å². The van der Waals surface area contributed by atoms with Gasteiger partial charge in [0.2, 0.25) is 0 Å². The largest absolute Gasteiger partial charge is 0.393 e. The van der Waals surface area contributed by atoms with Crippen molar-refractivity contribution < 1.29 is 9.90 Å². The van der Waals surface area contributed by atoms with E-state index in [0.29, 0.717) is 22.4 Å². The van der Waals surface area contributed by atoms with E-state index in [-0.39, 0.29) is 29.6 Å². The lowest BCUT2D eigenvalue weighted by molar-refractivity contribution is -0.127. The van der Waals surface area contributed by atoms with Gasteiger partial charge in [-0.3, -0.25) is 4.79 Å². The Morgan fingerprint density at radius 2 is 2.00 bits per heavy atom. The molecule has 0 heterocycles. The van der Waals surface area contributed by atoms with E-state index >= 15 is 0 Å². The van der Waals surface area contributed by atoms with Crippen LogP contribution in [-0.2, 0) is 4.79 Å². The minimum absolute atomic E-state index is 0.0824. The maximum atomic E-state index is 12.5. The summed E-state index contributed by atoms with van der Waals surface area (Å²) in [5, 5.41) is 11.4. The van der Waals surface area contributed by atoms with Crippen LogP contribution in [0.3, 0.4) is 0 Å². The van der Waals surface area contributed by atoms with Gasteiger partial charge in [-0.05, 0) is 54.7 Å². The molecule has 0 aliphatic heterocycles. The second-order valence-electron chi connectivity index (χ2n) is 6.43. The van der Waals surface area contributed by atoms with Crippen LogP contribution < -0.4 is 0 Å². The fourth-order valence-electron chi connectivity index (χ4n) is 4.32. The molecular formula is C17H20Cl2O2. The van der Waals surface area contributed by atoms with Gasteiger partial charge in [0, 0.05) is 12.3 Å². The number of aliphatic hydroxyl groups is 1. The first-order valence-corrected chi connectivity index (χ1v) is 8.42. The molecule has 2 bridgehead atoms. The van der Waals surface area contributed by atoms with Crippen molar-refractivity contribution in [1.29, 1.82) is 0 Å². The first-order valence-electron chi connectivity index (χ1n) is 7.67. The minimum atomic E-state index is -0.330. The van der Waals surface area contributed by atoms with E-state index in [0.717, 1.165) is 24.8 Å². The quantitative estimate of drug-likeness (QED) is 0.890. The van der Waals surface area contributed by atoms with Crippen LogP contribution in [-0.4, -0.2) is 17.0 Å². The molecule has 0 radical (unpaired) electrons. The van der Waals surface area contributed by atoms with Crippen LogP contribution in [0.5, 0.6) is 0 Å². The predicted molar refractivity (Wildman–Crippen MR) is 84.8 cm³/mol. The van der Waals surface area contributed by atoms with Gasteiger partial charge in [-0.15, -0.1) is 0 Å². The molecule has 1 aromatic rings. The molecule has 2 aliphatic carbocycles. The molecular weight excluding hydrogens is 307 g/mol. The van der Waals surface area contributed by atoms with Crippen LogP contribution >= 0.6 is 23.2 Å². The van der Waals surface area contributed by atoms with Gasteiger partial charge < -0.3 is 5.11 Å². The first kappa shape index (κ1) is 15.3. The smallest absolute Gasteiger partial charge is 0.136 e. The summed E-state index contributed by atoms with van der Waals surface area (Å²) >= 11 is 12.1. The molecule has 1 N–H and O–H groups in total. The highest BCUT2D eigenvalue weighted by atomic mass is 35.5. The molecule has 2 saturated carbocycles. The van der Waals surface area contributed by atoms with Gasteiger partial charge in [-0.1, -0.05) is 36.2 Å². The van der Waals surface area contributed by atoms with Gasteiger partial charge in [0.05, 0.1) is 16.1 Å². The molecule has 2 fully saturated rings. The molecule has 0 amide bonds. The van der Waals surface area contributed by atoms with Gasteiger partial charge >= 0.3 is 0 Å². The molecule has 114 valence electrons. The summed E-state index contributed by atoms with van der Waals surface area (Å²) in [6.07, 6.45) is 2.97. The lowest BCUT2D eigenvalue weighted by Crippen LogP contribution is -2.35. The van der Waals surface area contributed by atoms with Gasteiger partial charge in [0.15, 0.2) is 0 Å². The van der Waals surface area contributed by atoms with Crippen molar-refractivity contribution in [1.82, 2.24) is 0 Å². The number of halogens is 2. The van der Waals surface area contributed by atoms with Crippen LogP contribution in [0.15, 0.2) is 18.2 Å². The lowest BCUT2D eigenvalue weighted by atomic mass is 9.67. The maximum Gasteiger partial charge on any atom is 0.136 e. The van der Waals surface area contributed by atoms with Gasteiger partial charge in [0.25, 0.3) is 0 Å². The first-order chi connectivity index (χ1) is 10.0. The summed E-state index contributed by atoms with van der Waals surface area (Å²) in [6.45, 7) is 1.90. The number of carbonyl (C=O) groups is 1. The van der Waals surface area contributed by atoms with Gasteiger partial charge in [0.1, 0.15) is 5.78 Å². The molecule has 0 saturated heterocycles. The second kappa shape index (κ2) is 5.91. The minimum Gasteiger partial charge on any atom is -0.393 e. The highest BCUT2D eigenvalue weighted by molar-refractivity contribution is 6.42. The third-order valence-electron chi connectivity index (χ3n) is 5.25. The van der Waals surface area contributed by atoms with E-state index < -0.39 is 0 Å². The number of fused-ring (bicyclic) bond motifs is 2. The van der Waals surface area contributed by atoms with Crippen molar-refractivity contribution in [3.8, 4) is 0 Å². The standard InChI is InChI=1S/C17H20Cl2O2/c1-2-15(20)17-11(5-9-6-12(17)16(21)7-9)10-3-4-13(18)14(19)8-10/h3-4,8-9,11-12,16-17,21H,2,5-7H2,1H3/t9?,11-,12-,16?,17+/m1/s1. The molecule has 2 aliphatic rings. The van der Waals surface area contributed by atoms with Crippen molar-refractivity contribution >= 4 is 29.0 Å². The number of carbonyl (C=O) groups excluding carboxylic acids is 1. The molecule has 21 heavy (non-hydrogen) atoms. The van der Waals surface area contributed by atoms with Crippen molar-refractivity contribution in [2.24, 2.45) is 17.8 Å². The fraction of sp³-hybridized carbons (Fsp3) is 0.588. The Balaban J connectivity index is 1.98. The zero-order valence-electron chi connectivity index (χ0n) is 12.1. The SMILES string of the molecule is CCC(=O)[C@H]1[C@@H](c2ccc(Cl)c(Cl)c2)CC2CC(O)[C@H]1C2. The maximum absolute atomic E-state index is 12.5. The number of hydrogen-bond acceptors (Lipinski definition) is 2. The zero-order valence-corrected chi connectivity index (χ0v) is 13.6. The molecule has 4 heteroatoms. The number of aliphatic hydroxyl groups excluding tert-OH is 1. The fourth-order valence-corrected chi connectivity index (χ4v) is 4.63. The van der Waals surface area contributed by atoms with E-state index in [1.807, 2.05) is 19.1 Å². The summed E-state index contributed by atoms with van der Waals surface area (Å²) in [7, 11) is 0. The molecule has 1 aromatic carbocycles. The monoisotopic (exact) mass is 326 g/mol. The Bertz CT molecular complexity index is 558. The highest BCUT2D eigenvalue weighted by Crippen LogP contribution is 2.52. The van der Waals surface area contributed by atoms with Crippen LogP contribution in [0.1, 0.15) is 44.1 Å². The predicted octanol–water partition coefficient (Wildman–Crippen LogP) is 4.46. The second-order valence-corrected chi connectivity index (χ2v) is 7.24. The van der Waals surface area contributed by atoms with Crippen molar-refractivity contribution in [2.45, 2.75) is 44.6 Å². The summed E-state index contributed by atoms with van der Waals surface area (Å²) in [4.78, 5) is 12.5. The Hall–Kier alpha value is -0.570. The third-order valence-corrected chi connectivity index (χ3v) is 5.99. The van der Waals surface area contributed by atoms with Gasteiger partial charge in [-0.2, -0.15) is 0 Å².